The average molecular weight is 188 g/mol. The van der Waals surface area contributed by atoms with Crippen LogP contribution in [0.4, 0.5) is 0 Å². The quantitative estimate of drug-likeness (QED) is 0.569. The van der Waals surface area contributed by atoms with E-state index in [2.05, 4.69) is 6.58 Å². The first kappa shape index (κ1) is 12.6. The molecule has 3 N–H and O–H groups in total. The maximum atomic E-state index is 9.70. The zero-order chi connectivity index (χ0) is 10.9. The van der Waals surface area contributed by atoms with Crippen molar-refractivity contribution < 1.29 is 15.3 Å². The van der Waals surface area contributed by atoms with Gasteiger partial charge in [-0.15, -0.1) is 6.58 Å². The van der Waals surface area contributed by atoms with E-state index in [9.17, 15) is 15.3 Å². The summed E-state index contributed by atoms with van der Waals surface area (Å²) in [5, 5.41) is 28.9. The molecule has 0 bridgehead atoms. The molecule has 0 aliphatic rings. The van der Waals surface area contributed by atoms with Crippen molar-refractivity contribution >= 4 is 0 Å². The average Bonchev–Trinajstić information content (AvgIpc) is 1.83. The largest absolute Gasteiger partial charge is 0.390 e. The second kappa shape index (κ2) is 3.78. The first-order valence-electron chi connectivity index (χ1n) is 4.36. The van der Waals surface area contributed by atoms with Gasteiger partial charge in [0.05, 0.1) is 17.3 Å². The Hall–Kier alpha value is -0.380. The van der Waals surface area contributed by atoms with Gasteiger partial charge in [0, 0.05) is 5.92 Å². The third kappa shape index (κ3) is 3.46. The van der Waals surface area contributed by atoms with Crippen LogP contribution < -0.4 is 0 Å². The number of rotatable bonds is 4. The second-order valence-corrected chi connectivity index (χ2v) is 4.51. The fraction of sp³-hybridized carbons (Fsp3) is 0.800. The van der Waals surface area contributed by atoms with Crippen LogP contribution in [0.15, 0.2) is 12.7 Å². The van der Waals surface area contributed by atoms with Gasteiger partial charge in [-0.2, -0.15) is 0 Å². The van der Waals surface area contributed by atoms with E-state index in [1.807, 2.05) is 0 Å². The van der Waals surface area contributed by atoms with Crippen LogP contribution in [-0.4, -0.2) is 32.6 Å². The van der Waals surface area contributed by atoms with Crippen LogP contribution >= 0.6 is 0 Å². The van der Waals surface area contributed by atoms with Gasteiger partial charge in [-0.1, -0.05) is 6.08 Å². The van der Waals surface area contributed by atoms with Gasteiger partial charge in [0.2, 0.25) is 0 Å². The van der Waals surface area contributed by atoms with Gasteiger partial charge < -0.3 is 15.3 Å². The molecule has 0 rings (SSSR count). The lowest BCUT2D eigenvalue weighted by molar-refractivity contribution is -0.112. The maximum absolute atomic E-state index is 9.70. The van der Waals surface area contributed by atoms with Crippen molar-refractivity contribution in [2.45, 2.75) is 45.0 Å². The molecule has 0 aromatic carbocycles. The number of aliphatic hydroxyl groups excluding tert-OH is 1. The zero-order valence-corrected chi connectivity index (χ0v) is 8.78. The smallest absolute Gasteiger partial charge is 0.0911 e. The van der Waals surface area contributed by atoms with Crippen molar-refractivity contribution in [3.63, 3.8) is 0 Å². The molecule has 0 fully saturated rings. The normalized spacial score (nSPS) is 18.1. The number of aliphatic hydroxyl groups is 3. The van der Waals surface area contributed by atoms with E-state index < -0.39 is 23.2 Å². The SMILES string of the molecule is C=C[C@@H]([C@@H](O)C(C)(C)O)C(C)(C)O. The van der Waals surface area contributed by atoms with Crippen molar-refractivity contribution in [3.8, 4) is 0 Å². The molecule has 0 aromatic heterocycles. The predicted molar refractivity (Wildman–Crippen MR) is 52.3 cm³/mol. The number of hydrogen-bond acceptors (Lipinski definition) is 3. The predicted octanol–water partition coefficient (Wildman–Crippen LogP) is 0.691. The number of hydrogen-bond donors (Lipinski definition) is 3. The van der Waals surface area contributed by atoms with Gasteiger partial charge in [-0.25, -0.2) is 0 Å². The van der Waals surface area contributed by atoms with E-state index in [0.29, 0.717) is 0 Å². The molecule has 0 saturated heterocycles. The van der Waals surface area contributed by atoms with E-state index in [1.54, 1.807) is 13.8 Å². The highest BCUT2D eigenvalue weighted by Crippen LogP contribution is 2.27. The van der Waals surface area contributed by atoms with Gasteiger partial charge in [0.1, 0.15) is 0 Å². The lowest BCUT2D eigenvalue weighted by Gasteiger charge is -2.36. The van der Waals surface area contributed by atoms with Crippen molar-refractivity contribution in [1.29, 1.82) is 0 Å². The summed E-state index contributed by atoms with van der Waals surface area (Å²) in [6.07, 6.45) is 0.438. The van der Waals surface area contributed by atoms with Crippen LogP contribution in [0.2, 0.25) is 0 Å². The van der Waals surface area contributed by atoms with Gasteiger partial charge in [0.15, 0.2) is 0 Å². The zero-order valence-electron chi connectivity index (χ0n) is 8.78. The molecule has 0 radical (unpaired) electrons. The molecule has 13 heavy (non-hydrogen) atoms. The van der Waals surface area contributed by atoms with Crippen molar-refractivity contribution in [2.75, 3.05) is 0 Å². The molecule has 0 aliphatic heterocycles. The third-order valence-electron chi connectivity index (χ3n) is 2.13. The van der Waals surface area contributed by atoms with E-state index >= 15 is 0 Å². The Labute approximate surface area is 79.7 Å². The van der Waals surface area contributed by atoms with E-state index in [4.69, 9.17) is 0 Å². The summed E-state index contributed by atoms with van der Waals surface area (Å²) in [5.74, 6) is -0.549. The summed E-state index contributed by atoms with van der Waals surface area (Å²) in [4.78, 5) is 0. The highest BCUT2D eigenvalue weighted by atomic mass is 16.3. The molecule has 0 saturated carbocycles. The second-order valence-electron chi connectivity index (χ2n) is 4.51. The first-order chi connectivity index (χ1) is 5.60. The Balaban J connectivity index is 4.71. The Morgan fingerprint density at radius 3 is 1.54 bits per heavy atom. The van der Waals surface area contributed by atoms with Crippen LogP contribution in [0.1, 0.15) is 27.7 Å². The molecule has 3 nitrogen and oxygen atoms in total. The summed E-state index contributed by atoms with van der Waals surface area (Å²) < 4.78 is 0. The van der Waals surface area contributed by atoms with Gasteiger partial charge in [-0.05, 0) is 27.7 Å². The van der Waals surface area contributed by atoms with E-state index in [1.165, 1.54) is 19.9 Å². The minimum absolute atomic E-state index is 0.549. The molecule has 2 atom stereocenters. The summed E-state index contributed by atoms with van der Waals surface area (Å²) in [5.41, 5.74) is -2.32. The summed E-state index contributed by atoms with van der Waals surface area (Å²) in [6.45, 7) is 9.69. The van der Waals surface area contributed by atoms with Crippen molar-refractivity contribution in [1.82, 2.24) is 0 Å². The lowest BCUT2D eigenvalue weighted by Crippen LogP contribution is -2.48. The molecular weight excluding hydrogens is 168 g/mol. The molecule has 0 aliphatic carbocycles. The van der Waals surface area contributed by atoms with Crippen LogP contribution in [0.3, 0.4) is 0 Å². The summed E-state index contributed by atoms with van der Waals surface area (Å²) >= 11 is 0. The topological polar surface area (TPSA) is 60.7 Å². The minimum Gasteiger partial charge on any atom is -0.390 e. The Kier molecular flexibility index (Phi) is 3.67. The standard InChI is InChI=1S/C10H20O3/c1-6-7(9(2,3)12)8(11)10(4,5)13/h6-8,11-13H,1H2,2-5H3/t7-,8+/m0/s1. The van der Waals surface area contributed by atoms with Gasteiger partial charge in [0.25, 0.3) is 0 Å². The monoisotopic (exact) mass is 188 g/mol. The molecule has 0 heterocycles. The Morgan fingerprint density at radius 2 is 1.46 bits per heavy atom. The molecule has 0 amide bonds. The van der Waals surface area contributed by atoms with Gasteiger partial charge in [-0.3, -0.25) is 0 Å². The molecule has 0 unspecified atom stereocenters. The molecule has 3 heteroatoms. The van der Waals surface area contributed by atoms with E-state index in [0.717, 1.165) is 0 Å². The van der Waals surface area contributed by atoms with Crippen molar-refractivity contribution in [2.24, 2.45) is 5.92 Å². The van der Waals surface area contributed by atoms with Crippen LogP contribution in [-0.2, 0) is 0 Å². The van der Waals surface area contributed by atoms with Crippen LogP contribution in [0.25, 0.3) is 0 Å². The lowest BCUT2D eigenvalue weighted by atomic mass is 9.80. The summed E-state index contributed by atoms with van der Waals surface area (Å²) in [6, 6.07) is 0. The minimum atomic E-state index is -1.24. The van der Waals surface area contributed by atoms with Crippen molar-refractivity contribution in [3.05, 3.63) is 12.7 Å². The first-order valence-corrected chi connectivity index (χ1v) is 4.36. The fourth-order valence-corrected chi connectivity index (χ4v) is 1.24. The van der Waals surface area contributed by atoms with Crippen LogP contribution in [0, 0.1) is 5.92 Å². The summed E-state index contributed by atoms with van der Waals surface area (Å²) in [7, 11) is 0. The Bertz CT molecular complexity index is 174. The Morgan fingerprint density at radius 1 is 1.08 bits per heavy atom. The highest BCUT2D eigenvalue weighted by molar-refractivity contribution is 4.99. The molecule has 0 aromatic rings. The van der Waals surface area contributed by atoms with Crippen LogP contribution in [0.5, 0.6) is 0 Å². The van der Waals surface area contributed by atoms with Gasteiger partial charge >= 0.3 is 0 Å². The molecule has 0 spiro atoms. The molecular formula is C10H20O3. The molecule has 78 valence electrons. The fourth-order valence-electron chi connectivity index (χ4n) is 1.24. The third-order valence-corrected chi connectivity index (χ3v) is 2.13. The maximum Gasteiger partial charge on any atom is 0.0911 e. The van der Waals surface area contributed by atoms with E-state index in [-0.39, 0.29) is 0 Å². The highest BCUT2D eigenvalue weighted by Gasteiger charge is 2.38.